The number of imide groups is 1. The molecule has 2 aromatic rings. The summed E-state index contributed by atoms with van der Waals surface area (Å²) in [5, 5.41) is 4.84. The molecule has 1 heterocycles. The summed E-state index contributed by atoms with van der Waals surface area (Å²) in [5.41, 5.74) is 1.17. The van der Waals surface area contributed by atoms with Gasteiger partial charge >= 0.3 is 12.1 Å². The van der Waals surface area contributed by atoms with Crippen LogP contribution in [0.2, 0.25) is 0 Å². The van der Waals surface area contributed by atoms with Gasteiger partial charge < -0.3 is 20.1 Å². The van der Waals surface area contributed by atoms with Crippen molar-refractivity contribution in [1.82, 2.24) is 20.3 Å². The van der Waals surface area contributed by atoms with Gasteiger partial charge in [0.05, 0.1) is 18.0 Å². The van der Waals surface area contributed by atoms with Crippen molar-refractivity contribution in [2.45, 2.75) is 63.2 Å². The van der Waals surface area contributed by atoms with Gasteiger partial charge in [0.15, 0.2) is 6.04 Å². The summed E-state index contributed by atoms with van der Waals surface area (Å²) in [6.45, 7) is 5.88. The van der Waals surface area contributed by atoms with Crippen LogP contribution in [0, 0.1) is 6.92 Å². The maximum Gasteiger partial charge on any atom is 0.418 e. The van der Waals surface area contributed by atoms with Crippen LogP contribution in [-0.2, 0) is 45.1 Å². The molecule has 1 saturated heterocycles. The summed E-state index contributed by atoms with van der Waals surface area (Å²) in [4.78, 5) is 65.3. The Balaban J connectivity index is 1.75. The van der Waals surface area contributed by atoms with Crippen LogP contribution in [0.4, 0.5) is 4.79 Å². The lowest BCUT2D eigenvalue weighted by Crippen LogP contribution is -2.56. The second-order valence-corrected chi connectivity index (χ2v) is 11.5. The number of rotatable bonds is 11. The highest BCUT2D eigenvalue weighted by molar-refractivity contribution is 7.89. The minimum absolute atomic E-state index is 0.0553. The SMILES string of the molecule is C/C=C(\NC(=O)[C@H](C)NS(=O)(=O)c1ccc(C)cc1)C(=O)N1C(=O)O[C@H](C)[C@H]1C(=O)N[C@H](Cc1ccccc1)C(=O)OC. The van der Waals surface area contributed by atoms with Gasteiger partial charge in [-0.15, -0.1) is 0 Å². The number of hydrogen-bond donors (Lipinski definition) is 3. The number of carbonyl (C=O) groups excluding carboxylic acids is 5. The highest BCUT2D eigenvalue weighted by Gasteiger charge is 2.49. The molecule has 3 N–H and O–H groups in total. The molecular formula is C29H34N4O9S. The van der Waals surface area contributed by atoms with Crippen LogP contribution >= 0.6 is 0 Å². The number of allylic oxidation sites excluding steroid dienone is 1. The van der Waals surface area contributed by atoms with E-state index in [1.165, 1.54) is 39.0 Å². The molecule has 230 valence electrons. The van der Waals surface area contributed by atoms with E-state index in [9.17, 15) is 32.4 Å². The molecule has 4 amide bonds. The van der Waals surface area contributed by atoms with Gasteiger partial charge in [0.25, 0.3) is 5.91 Å². The lowest BCUT2D eigenvalue weighted by Gasteiger charge is -2.25. The van der Waals surface area contributed by atoms with Crippen molar-refractivity contribution in [3.63, 3.8) is 0 Å². The molecule has 14 heteroatoms. The van der Waals surface area contributed by atoms with Crippen molar-refractivity contribution in [2.24, 2.45) is 0 Å². The van der Waals surface area contributed by atoms with E-state index in [1.807, 2.05) is 0 Å². The second-order valence-electron chi connectivity index (χ2n) is 9.83. The summed E-state index contributed by atoms with van der Waals surface area (Å²) in [7, 11) is -2.91. The number of benzene rings is 2. The zero-order valence-corrected chi connectivity index (χ0v) is 25.1. The van der Waals surface area contributed by atoms with Gasteiger partial charge in [-0.25, -0.2) is 22.9 Å². The molecule has 0 unspecified atom stereocenters. The minimum Gasteiger partial charge on any atom is -0.467 e. The van der Waals surface area contributed by atoms with Crippen LogP contribution in [0.25, 0.3) is 0 Å². The van der Waals surface area contributed by atoms with Crippen molar-refractivity contribution < 1.29 is 41.9 Å². The lowest BCUT2D eigenvalue weighted by atomic mass is 10.0. The number of nitrogens with zero attached hydrogens (tertiary/aromatic N) is 1. The zero-order chi connectivity index (χ0) is 31.9. The fraction of sp³-hybridized carbons (Fsp3) is 0.345. The Bertz CT molecular complexity index is 1510. The van der Waals surface area contributed by atoms with Crippen LogP contribution in [-0.4, -0.2) is 74.4 Å². The predicted octanol–water partition coefficient (Wildman–Crippen LogP) is 1.32. The Labute approximate surface area is 249 Å². The van der Waals surface area contributed by atoms with Crippen molar-refractivity contribution in [1.29, 1.82) is 0 Å². The molecule has 13 nitrogen and oxygen atoms in total. The summed E-state index contributed by atoms with van der Waals surface area (Å²) in [6.07, 6.45) is -0.966. The predicted molar refractivity (Wildman–Crippen MR) is 154 cm³/mol. The molecule has 1 aliphatic heterocycles. The van der Waals surface area contributed by atoms with Gasteiger partial charge in [-0.05, 0) is 45.4 Å². The van der Waals surface area contributed by atoms with Crippen molar-refractivity contribution >= 4 is 39.8 Å². The Morgan fingerprint density at radius 1 is 1.07 bits per heavy atom. The number of nitrogens with one attached hydrogen (secondary N) is 3. The van der Waals surface area contributed by atoms with E-state index >= 15 is 0 Å². The summed E-state index contributed by atoms with van der Waals surface area (Å²) in [6, 6.07) is 10.9. The molecule has 0 aromatic heterocycles. The third kappa shape index (κ3) is 8.05. The monoisotopic (exact) mass is 614 g/mol. The zero-order valence-electron chi connectivity index (χ0n) is 24.3. The molecule has 0 radical (unpaired) electrons. The van der Waals surface area contributed by atoms with E-state index in [-0.39, 0.29) is 11.3 Å². The van der Waals surface area contributed by atoms with Gasteiger partial charge in [0, 0.05) is 6.42 Å². The first kappa shape index (κ1) is 32.9. The number of carbonyl (C=O) groups is 5. The molecule has 0 aliphatic carbocycles. The van der Waals surface area contributed by atoms with Crippen molar-refractivity contribution in [2.75, 3.05) is 7.11 Å². The van der Waals surface area contributed by atoms with Crippen LogP contribution < -0.4 is 15.4 Å². The average molecular weight is 615 g/mol. The number of hydrogen-bond acceptors (Lipinski definition) is 9. The second kappa shape index (κ2) is 14.1. The topological polar surface area (TPSA) is 177 Å². The number of ether oxygens (including phenoxy) is 2. The van der Waals surface area contributed by atoms with Gasteiger partial charge in [-0.3, -0.25) is 14.4 Å². The molecule has 1 fully saturated rings. The average Bonchev–Trinajstić information content (AvgIpc) is 3.28. The fourth-order valence-electron chi connectivity index (χ4n) is 4.28. The molecule has 0 bridgehead atoms. The maximum atomic E-state index is 13.4. The van der Waals surface area contributed by atoms with Crippen LogP contribution in [0.3, 0.4) is 0 Å². The van der Waals surface area contributed by atoms with Gasteiger partial charge in [0.2, 0.25) is 21.8 Å². The smallest absolute Gasteiger partial charge is 0.418 e. The number of cyclic esters (lactones) is 1. The molecule has 3 rings (SSSR count). The summed E-state index contributed by atoms with van der Waals surface area (Å²) >= 11 is 0. The number of methoxy groups -OCH3 is 1. The minimum atomic E-state index is -4.07. The molecule has 2 aromatic carbocycles. The first-order valence-corrected chi connectivity index (χ1v) is 14.8. The van der Waals surface area contributed by atoms with Gasteiger partial charge in [0.1, 0.15) is 17.8 Å². The molecule has 1 aliphatic rings. The third-order valence-electron chi connectivity index (χ3n) is 6.61. The number of aryl methyl sites for hydroxylation is 1. The van der Waals surface area contributed by atoms with E-state index in [0.29, 0.717) is 4.90 Å². The number of sulfonamides is 1. The quantitative estimate of drug-likeness (QED) is 0.249. The number of amides is 4. The Morgan fingerprint density at radius 3 is 2.28 bits per heavy atom. The van der Waals surface area contributed by atoms with Crippen LogP contribution in [0.5, 0.6) is 0 Å². The molecule has 0 spiro atoms. The van der Waals surface area contributed by atoms with Crippen LogP contribution in [0.1, 0.15) is 31.9 Å². The largest absolute Gasteiger partial charge is 0.467 e. The fourth-order valence-corrected chi connectivity index (χ4v) is 5.48. The first-order valence-electron chi connectivity index (χ1n) is 13.3. The van der Waals surface area contributed by atoms with E-state index in [1.54, 1.807) is 49.4 Å². The van der Waals surface area contributed by atoms with E-state index in [0.717, 1.165) is 18.2 Å². The van der Waals surface area contributed by atoms with Gasteiger partial charge in [-0.2, -0.15) is 4.72 Å². The number of esters is 1. The first-order chi connectivity index (χ1) is 20.3. The van der Waals surface area contributed by atoms with Crippen molar-refractivity contribution in [3.8, 4) is 0 Å². The maximum absolute atomic E-state index is 13.4. The molecule has 0 saturated carbocycles. The molecule has 4 atom stereocenters. The summed E-state index contributed by atoms with van der Waals surface area (Å²) < 4.78 is 37.6. The molecule has 43 heavy (non-hydrogen) atoms. The van der Waals surface area contributed by atoms with Crippen molar-refractivity contribution in [3.05, 3.63) is 77.5 Å². The lowest BCUT2D eigenvalue weighted by molar-refractivity contribution is -0.146. The highest BCUT2D eigenvalue weighted by Crippen LogP contribution is 2.22. The molecular weight excluding hydrogens is 580 g/mol. The Hall–Kier alpha value is -4.56. The van der Waals surface area contributed by atoms with E-state index in [4.69, 9.17) is 9.47 Å². The van der Waals surface area contributed by atoms with Crippen LogP contribution in [0.15, 0.2) is 71.3 Å². The highest BCUT2D eigenvalue weighted by atomic mass is 32.2. The van der Waals surface area contributed by atoms with E-state index < -0.39 is 69.7 Å². The normalized spacial score (nSPS) is 18.3. The Kier molecular flexibility index (Phi) is 10.8. The standard InChI is InChI=1S/C29H34N4O9S/c1-6-22(30-25(34)18(3)32-43(39,40)21-14-12-17(2)13-15-21)27(36)33-24(19(4)42-29(33)38)26(35)31-23(28(37)41-5)16-20-10-8-7-9-11-20/h6-15,18-19,23-24,32H,16H2,1-5H3,(H,30,34)(H,31,35)/b22-6-/t18-,19+,23+,24-/m0/s1. The summed E-state index contributed by atoms with van der Waals surface area (Å²) in [5.74, 6) is -3.57. The van der Waals surface area contributed by atoms with Gasteiger partial charge in [-0.1, -0.05) is 54.1 Å². The third-order valence-corrected chi connectivity index (χ3v) is 8.17. The Morgan fingerprint density at radius 2 is 1.70 bits per heavy atom. The van der Waals surface area contributed by atoms with E-state index in [2.05, 4.69) is 15.4 Å².